The van der Waals surface area contributed by atoms with Crippen LogP contribution >= 0.6 is 27.7 Å². The lowest BCUT2D eigenvalue weighted by atomic mass is 10.2. The van der Waals surface area contributed by atoms with Crippen molar-refractivity contribution in [1.29, 1.82) is 0 Å². The van der Waals surface area contributed by atoms with Gasteiger partial charge < -0.3 is 5.32 Å². The van der Waals surface area contributed by atoms with Gasteiger partial charge in [0, 0.05) is 18.1 Å². The fourth-order valence-corrected chi connectivity index (χ4v) is 2.12. The van der Waals surface area contributed by atoms with Gasteiger partial charge in [-0.2, -0.15) is 11.8 Å². The van der Waals surface area contributed by atoms with E-state index in [0.29, 0.717) is 11.0 Å². The van der Waals surface area contributed by atoms with E-state index in [-0.39, 0.29) is 11.5 Å². The molecule has 0 bridgehead atoms. The summed E-state index contributed by atoms with van der Waals surface area (Å²) in [7, 11) is 0. The van der Waals surface area contributed by atoms with Crippen LogP contribution in [-0.2, 0) is 0 Å². The van der Waals surface area contributed by atoms with Crippen LogP contribution in [0.3, 0.4) is 0 Å². The first-order valence-corrected chi connectivity index (χ1v) is 7.02. The maximum Gasteiger partial charge on any atom is 0.254 e. The average molecular weight is 318 g/mol. The Morgan fingerprint density at radius 3 is 3.06 bits per heavy atom. The summed E-state index contributed by atoms with van der Waals surface area (Å²) in [6, 6.07) is 4.66. The van der Waals surface area contributed by atoms with Gasteiger partial charge in [0.2, 0.25) is 0 Å². The monoisotopic (exact) mass is 317 g/mol. The first-order valence-electron chi connectivity index (χ1n) is 5.07. The molecule has 0 aromatic heterocycles. The molecule has 0 aliphatic heterocycles. The van der Waals surface area contributed by atoms with Crippen LogP contribution in [0, 0.1) is 5.82 Å². The molecule has 0 atom stereocenters. The highest BCUT2D eigenvalue weighted by atomic mass is 79.9. The van der Waals surface area contributed by atoms with Crippen molar-refractivity contribution < 1.29 is 9.18 Å². The summed E-state index contributed by atoms with van der Waals surface area (Å²) in [5.74, 6) is 0.723. The Bertz CT molecular complexity index is 411. The zero-order chi connectivity index (χ0) is 12.7. The van der Waals surface area contributed by atoms with Crippen LogP contribution in [0.5, 0.6) is 0 Å². The molecule has 0 heterocycles. The Balaban J connectivity index is 2.47. The Morgan fingerprint density at radius 2 is 2.35 bits per heavy atom. The second-order valence-corrected chi connectivity index (χ2v) is 5.23. The molecule has 0 saturated heterocycles. The third kappa shape index (κ3) is 4.52. The minimum Gasteiger partial charge on any atom is -0.351 e. The summed E-state index contributed by atoms with van der Waals surface area (Å²) < 4.78 is 13.9. The number of hydrogen-bond acceptors (Lipinski definition) is 2. The molecule has 17 heavy (non-hydrogen) atoms. The van der Waals surface area contributed by atoms with Crippen molar-refractivity contribution in [2.75, 3.05) is 18.1 Å². The largest absolute Gasteiger partial charge is 0.351 e. The molecule has 2 nitrogen and oxygen atoms in total. The molecule has 0 aliphatic rings. The highest BCUT2D eigenvalue weighted by molar-refractivity contribution is 9.10. The highest BCUT2D eigenvalue weighted by Gasteiger charge is 2.12. The lowest BCUT2D eigenvalue weighted by Crippen LogP contribution is -2.26. The molecule has 1 amide bonds. The standard InChI is InChI=1S/C12H13BrFNOS/c1-2-7-17-8-6-15-12(16)9-4-3-5-10(13)11(9)14/h2-5H,1,6-8H2,(H,15,16). The van der Waals surface area contributed by atoms with Crippen molar-refractivity contribution in [2.45, 2.75) is 0 Å². The number of hydrogen-bond donors (Lipinski definition) is 1. The third-order valence-electron chi connectivity index (χ3n) is 1.96. The molecule has 5 heteroatoms. The number of thioether (sulfide) groups is 1. The summed E-state index contributed by atoms with van der Waals surface area (Å²) in [6.45, 7) is 4.12. The molecule has 92 valence electrons. The number of nitrogens with one attached hydrogen (secondary N) is 1. The van der Waals surface area contributed by atoms with Crippen LogP contribution in [0.1, 0.15) is 10.4 Å². The summed E-state index contributed by atoms with van der Waals surface area (Å²) in [4.78, 5) is 11.6. The SMILES string of the molecule is C=CCSCCNC(=O)c1cccc(Br)c1F. The van der Waals surface area contributed by atoms with Crippen LogP contribution in [-0.4, -0.2) is 24.0 Å². The van der Waals surface area contributed by atoms with Crippen molar-refractivity contribution in [1.82, 2.24) is 5.32 Å². The fraction of sp³-hybridized carbons (Fsp3) is 0.250. The van der Waals surface area contributed by atoms with E-state index >= 15 is 0 Å². The minimum absolute atomic E-state index is 0.0631. The predicted octanol–water partition coefficient (Wildman–Crippen LogP) is 3.24. The van der Waals surface area contributed by atoms with Crippen molar-refractivity contribution >= 4 is 33.6 Å². The Hall–Kier alpha value is -0.810. The molecular weight excluding hydrogens is 305 g/mol. The van der Waals surface area contributed by atoms with Crippen molar-refractivity contribution in [3.63, 3.8) is 0 Å². The van der Waals surface area contributed by atoms with Crippen LogP contribution in [0.25, 0.3) is 0 Å². The lowest BCUT2D eigenvalue weighted by molar-refractivity contribution is 0.0952. The van der Waals surface area contributed by atoms with Crippen LogP contribution < -0.4 is 5.32 Å². The molecule has 0 saturated carbocycles. The van der Waals surface area contributed by atoms with Gasteiger partial charge in [0.1, 0.15) is 5.82 Å². The van der Waals surface area contributed by atoms with Crippen LogP contribution in [0.2, 0.25) is 0 Å². The first kappa shape index (κ1) is 14.3. The molecular formula is C12H13BrFNOS. The molecule has 0 unspecified atom stereocenters. The maximum atomic E-state index is 13.6. The average Bonchev–Trinajstić information content (AvgIpc) is 2.32. The summed E-state index contributed by atoms with van der Waals surface area (Å²) in [5.41, 5.74) is 0.0631. The molecule has 1 N–H and O–H groups in total. The van der Waals surface area contributed by atoms with E-state index in [4.69, 9.17) is 0 Å². The zero-order valence-corrected chi connectivity index (χ0v) is 11.6. The molecule has 0 aliphatic carbocycles. The quantitative estimate of drug-likeness (QED) is 0.644. The normalized spacial score (nSPS) is 10.0. The highest BCUT2D eigenvalue weighted by Crippen LogP contribution is 2.18. The topological polar surface area (TPSA) is 29.1 Å². The van der Waals surface area contributed by atoms with Gasteiger partial charge >= 0.3 is 0 Å². The predicted molar refractivity (Wildman–Crippen MR) is 74.0 cm³/mol. The van der Waals surface area contributed by atoms with Crippen molar-refractivity contribution in [3.8, 4) is 0 Å². The summed E-state index contributed by atoms with van der Waals surface area (Å²) in [6.07, 6.45) is 1.81. The molecule has 1 aromatic carbocycles. The van der Waals surface area contributed by atoms with Gasteiger partial charge in [-0.3, -0.25) is 4.79 Å². The van der Waals surface area contributed by atoms with E-state index in [2.05, 4.69) is 27.8 Å². The maximum absolute atomic E-state index is 13.6. The van der Waals surface area contributed by atoms with Crippen LogP contribution in [0.4, 0.5) is 4.39 Å². The fourth-order valence-electron chi connectivity index (χ4n) is 1.18. The Kier molecular flexibility index (Phi) is 6.29. The van der Waals surface area contributed by atoms with Gasteiger partial charge in [-0.1, -0.05) is 12.1 Å². The number of rotatable bonds is 6. The number of halogens is 2. The summed E-state index contributed by atoms with van der Waals surface area (Å²) in [5, 5.41) is 2.67. The van der Waals surface area contributed by atoms with E-state index in [1.807, 2.05) is 0 Å². The Labute approximate surface area is 113 Å². The van der Waals surface area contributed by atoms with Crippen molar-refractivity contribution in [3.05, 3.63) is 46.7 Å². The van der Waals surface area contributed by atoms with E-state index in [1.165, 1.54) is 6.07 Å². The van der Waals surface area contributed by atoms with E-state index in [0.717, 1.165) is 11.5 Å². The van der Waals surface area contributed by atoms with Gasteiger partial charge in [-0.05, 0) is 28.1 Å². The molecule has 1 aromatic rings. The van der Waals surface area contributed by atoms with Crippen molar-refractivity contribution in [2.24, 2.45) is 0 Å². The Morgan fingerprint density at radius 1 is 1.59 bits per heavy atom. The van der Waals surface area contributed by atoms with E-state index in [1.54, 1.807) is 30.0 Å². The van der Waals surface area contributed by atoms with Gasteiger partial charge in [0.25, 0.3) is 5.91 Å². The number of carbonyl (C=O) groups excluding carboxylic acids is 1. The zero-order valence-electron chi connectivity index (χ0n) is 9.21. The number of benzene rings is 1. The van der Waals surface area contributed by atoms with Gasteiger partial charge in [0.15, 0.2) is 0 Å². The van der Waals surface area contributed by atoms with E-state index < -0.39 is 5.82 Å². The smallest absolute Gasteiger partial charge is 0.254 e. The molecule has 0 fully saturated rings. The number of carbonyl (C=O) groups is 1. The number of amides is 1. The second-order valence-electron chi connectivity index (χ2n) is 3.22. The first-order chi connectivity index (χ1) is 8.16. The van der Waals surface area contributed by atoms with Gasteiger partial charge in [-0.25, -0.2) is 4.39 Å². The lowest BCUT2D eigenvalue weighted by Gasteiger charge is -2.06. The van der Waals surface area contributed by atoms with Gasteiger partial charge in [0.05, 0.1) is 10.0 Å². The molecule has 1 rings (SSSR count). The second kappa shape index (κ2) is 7.50. The molecule has 0 radical (unpaired) electrons. The van der Waals surface area contributed by atoms with Gasteiger partial charge in [-0.15, -0.1) is 6.58 Å². The van der Waals surface area contributed by atoms with Crippen LogP contribution in [0.15, 0.2) is 35.3 Å². The molecule has 0 spiro atoms. The minimum atomic E-state index is -0.524. The third-order valence-corrected chi connectivity index (χ3v) is 3.54. The van der Waals surface area contributed by atoms with E-state index in [9.17, 15) is 9.18 Å². The summed E-state index contributed by atoms with van der Waals surface area (Å²) >= 11 is 4.71.